The van der Waals surface area contributed by atoms with E-state index in [0.717, 1.165) is 22.8 Å². The van der Waals surface area contributed by atoms with Crippen molar-refractivity contribution in [3.8, 4) is 34.0 Å². The molecule has 1 aliphatic heterocycles. The number of H-pyrrole nitrogens is 2. The maximum absolute atomic E-state index is 14.6. The Morgan fingerprint density at radius 2 is 1.84 bits per heavy atom. The average molecular weight is 634 g/mol. The lowest BCUT2D eigenvalue weighted by atomic mass is 10.1. The van der Waals surface area contributed by atoms with Gasteiger partial charge in [0.2, 0.25) is 10.0 Å². The third kappa shape index (κ3) is 6.14. The van der Waals surface area contributed by atoms with Crippen LogP contribution in [0.2, 0.25) is 0 Å². The number of nitrogens with zero attached hydrogens (tertiary/aromatic N) is 6. The molecule has 7 rings (SSSR count). The van der Waals surface area contributed by atoms with Gasteiger partial charge in [-0.3, -0.25) is 25.0 Å². The van der Waals surface area contributed by atoms with Gasteiger partial charge < -0.3 is 4.98 Å². The molecule has 11 nitrogen and oxygen atoms in total. The largest absolute Gasteiger partial charge is 0.336 e. The van der Waals surface area contributed by atoms with Crippen molar-refractivity contribution < 1.29 is 21.6 Å². The number of aromatic nitrogens is 7. The van der Waals surface area contributed by atoms with E-state index in [0.29, 0.717) is 63.7 Å². The number of aromatic amines is 2. The monoisotopic (exact) mass is 633 g/mol. The molecule has 5 aromatic heterocycles. The molecule has 15 heteroatoms. The highest BCUT2D eigenvalue weighted by atomic mass is 32.2. The molecular weight excluding hydrogens is 607 g/mol. The first-order chi connectivity index (χ1) is 21.5. The SMILES string of the molecule is CS(=O)(=O)NCc1cc(F)cc(-c2nccc3[nH]c(-c4n[nH]c5cnc(-c6cncc(CN7CCC(F)(F)C7)c6)cc45)nc23)c1. The summed E-state index contributed by atoms with van der Waals surface area (Å²) in [7, 11) is -3.47. The average Bonchev–Trinajstić information content (AvgIpc) is 3.71. The van der Waals surface area contributed by atoms with Crippen LogP contribution in [0, 0.1) is 5.82 Å². The predicted octanol–water partition coefficient (Wildman–Crippen LogP) is 4.65. The van der Waals surface area contributed by atoms with Gasteiger partial charge in [0.15, 0.2) is 5.82 Å². The van der Waals surface area contributed by atoms with E-state index in [1.165, 1.54) is 12.1 Å². The molecule has 1 aliphatic rings. The molecule has 3 N–H and O–H groups in total. The molecule has 0 amide bonds. The van der Waals surface area contributed by atoms with E-state index < -0.39 is 21.8 Å². The van der Waals surface area contributed by atoms with Gasteiger partial charge in [-0.2, -0.15) is 5.10 Å². The Hall–Kier alpha value is -4.73. The third-order valence-electron chi connectivity index (χ3n) is 7.59. The number of alkyl halides is 2. The summed E-state index contributed by atoms with van der Waals surface area (Å²) < 4.78 is 67.4. The van der Waals surface area contributed by atoms with Crippen LogP contribution in [0.5, 0.6) is 0 Å². The first-order valence-electron chi connectivity index (χ1n) is 14.0. The Balaban J connectivity index is 1.22. The van der Waals surface area contributed by atoms with Crippen LogP contribution in [-0.4, -0.2) is 73.7 Å². The minimum absolute atomic E-state index is 0.0758. The summed E-state index contributed by atoms with van der Waals surface area (Å²) in [6.45, 7) is 0.351. The Labute approximate surface area is 255 Å². The number of sulfonamides is 1. The second kappa shape index (κ2) is 11.0. The first kappa shape index (κ1) is 29.0. The topological polar surface area (TPSA) is 145 Å². The molecule has 0 bridgehead atoms. The molecule has 230 valence electrons. The zero-order valence-corrected chi connectivity index (χ0v) is 24.7. The number of benzene rings is 1. The number of hydrogen-bond donors (Lipinski definition) is 3. The van der Waals surface area contributed by atoms with Gasteiger partial charge in [0.25, 0.3) is 5.92 Å². The standard InChI is InChI=1S/C30H26F3N9O2S/c1-45(43,44)37-12-17-6-19(9-21(31)8-17)26-28-23(2-4-35-26)38-29(39-28)27-22-10-24(36-14-25(22)40-41-27)20-7-18(11-34-13-20)15-42-5-3-30(32,33)16-42/h2,4,6-11,13-14,37H,3,5,12,15-16H2,1H3,(H,38,39)(H,40,41). The summed E-state index contributed by atoms with van der Waals surface area (Å²) >= 11 is 0. The third-order valence-corrected chi connectivity index (χ3v) is 8.26. The highest BCUT2D eigenvalue weighted by Gasteiger charge is 2.38. The van der Waals surface area contributed by atoms with Crippen molar-refractivity contribution in [1.29, 1.82) is 0 Å². The Kier molecular flexibility index (Phi) is 7.10. The van der Waals surface area contributed by atoms with E-state index >= 15 is 0 Å². The fourth-order valence-electron chi connectivity index (χ4n) is 5.53. The van der Waals surface area contributed by atoms with Crippen LogP contribution in [0.3, 0.4) is 0 Å². The van der Waals surface area contributed by atoms with E-state index in [1.807, 2.05) is 12.1 Å². The number of halogens is 3. The molecular formula is C30H26F3N9O2S. The smallest absolute Gasteiger partial charge is 0.261 e. The second-order valence-corrected chi connectivity index (χ2v) is 13.0. The Morgan fingerprint density at radius 1 is 1.00 bits per heavy atom. The molecule has 0 radical (unpaired) electrons. The Bertz CT molecular complexity index is 2180. The van der Waals surface area contributed by atoms with Crippen molar-refractivity contribution in [2.45, 2.75) is 25.4 Å². The molecule has 0 unspecified atom stereocenters. The maximum atomic E-state index is 14.6. The van der Waals surface area contributed by atoms with E-state index in [2.05, 4.69) is 34.9 Å². The number of fused-ring (bicyclic) bond motifs is 2. The van der Waals surface area contributed by atoms with Crippen molar-refractivity contribution in [3.05, 3.63) is 78.1 Å². The van der Waals surface area contributed by atoms with Crippen molar-refractivity contribution >= 4 is 32.0 Å². The van der Waals surface area contributed by atoms with Gasteiger partial charge in [0.1, 0.15) is 17.0 Å². The molecule has 6 heterocycles. The van der Waals surface area contributed by atoms with Crippen LogP contribution in [-0.2, 0) is 23.1 Å². The van der Waals surface area contributed by atoms with Crippen molar-refractivity contribution in [2.75, 3.05) is 19.3 Å². The summed E-state index contributed by atoms with van der Waals surface area (Å²) in [6.07, 6.45) is 7.47. The fourth-order valence-corrected chi connectivity index (χ4v) is 5.96. The number of rotatable bonds is 8. The molecule has 1 aromatic carbocycles. The lowest BCUT2D eigenvalue weighted by Crippen LogP contribution is -2.24. The minimum Gasteiger partial charge on any atom is -0.336 e. The van der Waals surface area contributed by atoms with E-state index in [9.17, 15) is 21.6 Å². The predicted molar refractivity (Wildman–Crippen MR) is 162 cm³/mol. The lowest BCUT2D eigenvalue weighted by Gasteiger charge is -2.15. The van der Waals surface area contributed by atoms with Gasteiger partial charge in [-0.1, -0.05) is 0 Å². The molecule has 6 aromatic rings. The maximum Gasteiger partial charge on any atom is 0.261 e. The molecule has 0 aliphatic carbocycles. The number of pyridine rings is 3. The zero-order chi connectivity index (χ0) is 31.3. The number of nitrogens with one attached hydrogen (secondary N) is 3. The van der Waals surface area contributed by atoms with Gasteiger partial charge in [0.05, 0.1) is 41.4 Å². The number of hydrogen-bond acceptors (Lipinski definition) is 8. The molecule has 0 spiro atoms. The van der Waals surface area contributed by atoms with Gasteiger partial charge in [-0.25, -0.2) is 31.3 Å². The van der Waals surface area contributed by atoms with E-state index in [-0.39, 0.29) is 19.5 Å². The number of likely N-dealkylation sites (tertiary alicyclic amines) is 1. The molecule has 1 saturated heterocycles. The molecule has 0 atom stereocenters. The van der Waals surface area contributed by atoms with Gasteiger partial charge in [0, 0.05) is 61.2 Å². The van der Waals surface area contributed by atoms with E-state index in [1.54, 1.807) is 41.8 Å². The van der Waals surface area contributed by atoms with Gasteiger partial charge >= 0.3 is 0 Å². The van der Waals surface area contributed by atoms with Gasteiger partial charge in [-0.15, -0.1) is 0 Å². The van der Waals surface area contributed by atoms with Crippen molar-refractivity contribution in [2.24, 2.45) is 0 Å². The van der Waals surface area contributed by atoms with Crippen LogP contribution >= 0.6 is 0 Å². The van der Waals surface area contributed by atoms with Crippen LogP contribution in [0.25, 0.3) is 56.0 Å². The summed E-state index contributed by atoms with van der Waals surface area (Å²) in [5, 5.41) is 8.19. The molecule has 1 fully saturated rings. The lowest BCUT2D eigenvalue weighted by molar-refractivity contribution is 0.0115. The fraction of sp³-hybridized carbons (Fsp3) is 0.233. The highest BCUT2D eigenvalue weighted by Crippen LogP contribution is 2.33. The van der Waals surface area contributed by atoms with Crippen LogP contribution in [0.1, 0.15) is 17.5 Å². The molecule has 0 saturated carbocycles. The normalized spacial score (nSPS) is 15.4. The van der Waals surface area contributed by atoms with Gasteiger partial charge in [-0.05, 0) is 47.5 Å². The van der Waals surface area contributed by atoms with Crippen LogP contribution < -0.4 is 4.72 Å². The van der Waals surface area contributed by atoms with Crippen LogP contribution in [0.4, 0.5) is 13.2 Å². The first-order valence-corrected chi connectivity index (χ1v) is 15.9. The van der Waals surface area contributed by atoms with Crippen LogP contribution in [0.15, 0.2) is 61.2 Å². The minimum atomic E-state index is -3.47. The summed E-state index contributed by atoms with van der Waals surface area (Å²) in [4.78, 5) is 23.1. The molecule has 45 heavy (non-hydrogen) atoms. The second-order valence-electron chi connectivity index (χ2n) is 11.2. The van der Waals surface area contributed by atoms with Crippen molar-refractivity contribution in [3.63, 3.8) is 0 Å². The quantitative estimate of drug-likeness (QED) is 0.220. The summed E-state index contributed by atoms with van der Waals surface area (Å²) in [5.41, 5.74) is 5.77. The Morgan fingerprint density at radius 3 is 2.64 bits per heavy atom. The number of imidazole rings is 1. The summed E-state index contributed by atoms with van der Waals surface area (Å²) in [6, 6.07) is 9.75. The highest BCUT2D eigenvalue weighted by molar-refractivity contribution is 7.88. The van der Waals surface area contributed by atoms with E-state index in [4.69, 9.17) is 4.98 Å². The summed E-state index contributed by atoms with van der Waals surface area (Å²) in [5.74, 6) is -2.76. The van der Waals surface area contributed by atoms with Crippen molar-refractivity contribution in [1.82, 2.24) is 44.7 Å². The zero-order valence-electron chi connectivity index (χ0n) is 23.9.